The first-order valence-corrected chi connectivity index (χ1v) is 11.1. The molecule has 1 rings (SSSR count). The number of rotatable bonds is 18. The third-order valence-electron chi connectivity index (χ3n) is 3.52. The van der Waals surface area contributed by atoms with Crippen LogP contribution in [0.25, 0.3) is 0 Å². The first-order chi connectivity index (χ1) is 13.2. The molecule has 0 saturated carbocycles. The molecule has 0 radical (unpaired) electrons. The summed E-state index contributed by atoms with van der Waals surface area (Å²) in [7, 11) is -3.84. The van der Waals surface area contributed by atoms with Crippen LogP contribution in [0.2, 0.25) is 0 Å². The van der Waals surface area contributed by atoms with Crippen molar-refractivity contribution < 1.29 is 32.6 Å². The van der Waals surface area contributed by atoms with Crippen molar-refractivity contribution in [2.45, 2.75) is 46.0 Å². The second-order valence-corrected chi connectivity index (χ2v) is 7.37. The van der Waals surface area contributed by atoms with E-state index in [1.165, 1.54) is 12.8 Å². The van der Waals surface area contributed by atoms with E-state index in [4.69, 9.17) is 28.1 Å². The highest BCUT2D eigenvalue weighted by Crippen LogP contribution is 2.49. The molecule has 1 aromatic carbocycles. The average Bonchev–Trinajstić information content (AvgIpc) is 2.69. The zero-order chi connectivity index (χ0) is 19.6. The van der Waals surface area contributed by atoms with Crippen LogP contribution in [0.1, 0.15) is 46.0 Å². The van der Waals surface area contributed by atoms with Crippen LogP contribution in [0.3, 0.4) is 0 Å². The largest absolute Gasteiger partial charge is 0.511 e. The smallest absolute Gasteiger partial charge is 0.379 e. The monoisotopic (exact) mass is 404 g/mol. The number of benzene rings is 1. The molecule has 27 heavy (non-hydrogen) atoms. The van der Waals surface area contributed by atoms with E-state index in [9.17, 15) is 4.57 Å². The molecule has 156 valence electrons. The summed E-state index contributed by atoms with van der Waals surface area (Å²) in [5.74, 6) is 0.417. The Hall–Kier alpha value is -0.950. The van der Waals surface area contributed by atoms with E-state index in [0.29, 0.717) is 25.6 Å². The van der Waals surface area contributed by atoms with Gasteiger partial charge in [-0.15, -0.1) is 0 Å². The van der Waals surface area contributed by atoms with Crippen LogP contribution in [0.4, 0.5) is 0 Å². The third-order valence-corrected chi connectivity index (χ3v) is 4.77. The van der Waals surface area contributed by atoms with Gasteiger partial charge in [0.2, 0.25) is 0 Å². The molecule has 0 aliphatic carbocycles. The van der Waals surface area contributed by atoms with Gasteiger partial charge in [0.25, 0.3) is 0 Å². The topological polar surface area (TPSA) is 72.5 Å². The SMILES string of the molecule is CCCCCCCOP(=O)(OCCOCCOCC)OOc1ccccc1. The lowest BCUT2D eigenvalue weighted by atomic mass is 10.2. The molecule has 1 aromatic rings. The summed E-state index contributed by atoms with van der Waals surface area (Å²) in [6.07, 6.45) is 5.27. The Labute approximate surface area is 162 Å². The van der Waals surface area contributed by atoms with E-state index in [-0.39, 0.29) is 19.8 Å². The molecule has 0 spiro atoms. The summed E-state index contributed by atoms with van der Waals surface area (Å²) in [4.78, 5) is 5.10. The number of ether oxygens (including phenoxy) is 2. The maximum absolute atomic E-state index is 12.7. The number of para-hydroxylation sites is 1. The van der Waals surface area contributed by atoms with E-state index in [0.717, 1.165) is 19.3 Å². The number of unbranched alkanes of at least 4 members (excludes halogenated alkanes) is 4. The lowest BCUT2D eigenvalue weighted by Crippen LogP contribution is -2.11. The Balaban J connectivity index is 2.36. The Bertz CT molecular complexity index is 498. The van der Waals surface area contributed by atoms with E-state index in [1.807, 2.05) is 13.0 Å². The Morgan fingerprint density at radius 3 is 2.19 bits per heavy atom. The predicted octanol–water partition coefficient (Wildman–Crippen LogP) is 5.16. The van der Waals surface area contributed by atoms with E-state index < -0.39 is 7.82 Å². The summed E-state index contributed by atoms with van der Waals surface area (Å²) in [6, 6.07) is 8.78. The predicted molar refractivity (Wildman–Crippen MR) is 104 cm³/mol. The number of hydrogen-bond donors (Lipinski definition) is 0. The minimum atomic E-state index is -3.84. The number of phosphoric ester groups is 1. The molecule has 0 heterocycles. The van der Waals surface area contributed by atoms with Crippen molar-refractivity contribution in [1.29, 1.82) is 0 Å². The van der Waals surface area contributed by atoms with E-state index in [1.54, 1.807) is 24.3 Å². The fraction of sp³-hybridized carbons (Fsp3) is 0.684. The normalized spacial score (nSPS) is 13.4. The standard InChI is InChI=1S/C19H33O7P/c1-3-5-6-7-11-14-23-27(20,24-18-17-22-16-15-21-4-2)26-25-19-12-9-8-10-13-19/h8-10,12-13H,3-7,11,14-18H2,1-2H3. The van der Waals surface area contributed by atoms with Gasteiger partial charge in [-0.3, -0.25) is 9.05 Å². The highest BCUT2D eigenvalue weighted by Gasteiger charge is 2.29. The lowest BCUT2D eigenvalue weighted by molar-refractivity contribution is -0.134. The molecule has 8 heteroatoms. The van der Waals surface area contributed by atoms with Crippen molar-refractivity contribution in [2.75, 3.05) is 39.6 Å². The molecule has 0 N–H and O–H groups in total. The summed E-state index contributed by atoms with van der Waals surface area (Å²) < 4.78 is 39.0. The van der Waals surface area contributed by atoms with Gasteiger partial charge in [-0.25, -0.2) is 4.57 Å². The molecule has 0 aliphatic rings. The third kappa shape index (κ3) is 13.0. The van der Waals surface area contributed by atoms with Gasteiger partial charge in [0.15, 0.2) is 5.75 Å². The highest BCUT2D eigenvalue weighted by atomic mass is 31.2. The average molecular weight is 404 g/mol. The molecule has 0 fully saturated rings. The van der Waals surface area contributed by atoms with Gasteiger partial charge in [-0.1, -0.05) is 55.5 Å². The van der Waals surface area contributed by atoms with Crippen LogP contribution < -0.4 is 4.89 Å². The van der Waals surface area contributed by atoms with E-state index >= 15 is 0 Å². The Morgan fingerprint density at radius 2 is 1.44 bits per heavy atom. The first-order valence-electron chi connectivity index (χ1n) is 9.66. The maximum atomic E-state index is 12.7. The second-order valence-electron chi connectivity index (χ2n) is 5.81. The Kier molecular flexibility index (Phi) is 14.3. The fourth-order valence-corrected chi connectivity index (χ4v) is 3.09. The molecular weight excluding hydrogens is 371 g/mol. The Morgan fingerprint density at radius 1 is 0.778 bits per heavy atom. The molecule has 0 aliphatic heterocycles. The van der Waals surface area contributed by atoms with Crippen molar-refractivity contribution in [3.05, 3.63) is 30.3 Å². The van der Waals surface area contributed by atoms with Crippen molar-refractivity contribution in [3.63, 3.8) is 0 Å². The molecule has 7 nitrogen and oxygen atoms in total. The van der Waals surface area contributed by atoms with Gasteiger partial charge < -0.3 is 14.4 Å². The van der Waals surface area contributed by atoms with Crippen LogP contribution >= 0.6 is 7.82 Å². The van der Waals surface area contributed by atoms with Gasteiger partial charge in [0, 0.05) is 6.61 Å². The van der Waals surface area contributed by atoms with Crippen LogP contribution in [0, 0.1) is 0 Å². The van der Waals surface area contributed by atoms with Crippen LogP contribution in [0.5, 0.6) is 5.75 Å². The molecule has 0 bridgehead atoms. The summed E-state index contributed by atoms with van der Waals surface area (Å²) in [5, 5.41) is 0. The van der Waals surface area contributed by atoms with Crippen LogP contribution in [-0.2, 0) is 27.8 Å². The number of hydrogen-bond acceptors (Lipinski definition) is 7. The van der Waals surface area contributed by atoms with Crippen molar-refractivity contribution in [2.24, 2.45) is 0 Å². The molecule has 0 aromatic heterocycles. The fourth-order valence-electron chi connectivity index (χ4n) is 2.10. The van der Waals surface area contributed by atoms with Gasteiger partial charge in [0.1, 0.15) is 0 Å². The van der Waals surface area contributed by atoms with Gasteiger partial charge in [-0.05, 0) is 25.5 Å². The maximum Gasteiger partial charge on any atom is 0.511 e. The summed E-state index contributed by atoms with van der Waals surface area (Å²) in [6.45, 7) is 6.28. The van der Waals surface area contributed by atoms with Crippen molar-refractivity contribution >= 4 is 7.82 Å². The lowest BCUT2D eigenvalue weighted by Gasteiger charge is -2.17. The number of phosphoric acid groups is 1. The van der Waals surface area contributed by atoms with Crippen molar-refractivity contribution in [3.8, 4) is 5.75 Å². The molecule has 0 saturated heterocycles. The van der Waals surface area contributed by atoms with E-state index in [2.05, 4.69) is 6.92 Å². The molecule has 1 unspecified atom stereocenters. The minimum Gasteiger partial charge on any atom is -0.379 e. The van der Waals surface area contributed by atoms with Gasteiger partial charge in [-0.2, -0.15) is 0 Å². The highest BCUT2D eigenvalue weighted by molar-refractivity contribution is 7.48. The van der Waals surface area contributed by atoms with Crippen molar-refractivity contribution in [1.82, 2.24) is 0 Å². The van der Waals surface area contributed by atoms with Crippen LogP contribution in [-0.4, -0.2) is 39.6 Å². The minimum absolute atomic E-state index is 0.0669. The second kappa shape index (κ2) is 16.0. The zero-order valence-electron chi connectivity index (χ0n) is 16.5. The summed E-state index contributed by atoms with van der Waals surface area (Å²) >= 11 is 0. The molecule has 0 amide bonds. The zero-order valence-corrected chi connectivity index (χ0v) is 17.4. The summed E-state index contributed by atoms with van der Waals surface area (Å²) in [5.41, 5.74) is 0. The van der Waals surface area contributed by atoms with Gasteiger partial charge in [0.05, 0.1) is 33.0 Å². The quantitative estimate of drug-likeness (QED) is 0.145. The molecular formula is C19H33O7P. The van der Waals surface area contributed by atoms with Gasteiger partial charge >= 0.3 is 7.82 Å². The van der Waals surface area contributed by atoms with Crippen LogP contribution in [0.15, 0.2) is 30.3 Å². The first kappa shape index (κ1) is 24.1. The molecule has 1 atom stereocenters.